The maximum atomic E-state index is 6.22. The van der Waals surface area contributed by atoms with Crippen LogP contribution in [0.25, 0.3) is 0 Å². The first kappa shape index (κ1) is 18.9. The van der Waals surface area contributed by atoms with Crippen LogP contribution in [0.15, 0.2) is 36.9 Å². The van der Waals surface area contributed by atoms with E-state index in [1.807, 2.05) is 39.6 Å². The number of allylic oxidation sites excluding steroid dienone is 1. The molecule has 0 unspecified atom stereocenters. The van der Waals surface area contributed by atoms with E-state index < -0.39 is 0 Å². The van der Waals surface area contributed by atoms with Crippen molar-refractivity contribution >= 4 is 12.2 Å². The van der Waals surface area contributed by atoms with E-state index in [1.54, 1.807) is 0 Å². The molecule has 2 aliphatic carbocycles. The molecule has 154 valence electrons. The molecule has 2 heterocycles. The Morgan fingerprint density at radius 3 is 2.59 bits per heavy atom. The van der Waals surface area contributed by atoms with Crippen molar-refractivity contribution in [3.05, 3.63) is 47.5 Å². The van der Waals surface area contributed by atoms with Gasteiger partial charge in [0.15, 0.2) is 28.2 Å². The molecule has 2 saturated carbocycles. The first-order valence-corrected chi connectivity index (χ1v) is 11.1. The average molecular weight is 413 g/mol. The molecule has 0 saturated heterocycles. The van der Waals surface area contributed by atoms with Crippen LogP contribution >= 0.6 is 12.2 Å². The molecule has 3 aliphatic rings. The van der Waals surface area contributed by atoms with Crippen LogP contribution in [-0.2, 0) is 13.2 Å². The van der Waals surface area contributed by atoms with Gasteiger partial charge in [-0.2, -0.15) is 5.10 Å². The lowest BCUT2D eigenvalue weighted by molar-refractivity contribution is 0.0811. The van der Waals surface area contributed by atoms with Crippen LogP contribution in [0.2, 0.25) is 0 Å². The molecular formula is C22H28N4O2S. The highest BCUT2D eigenvalue weighted by Crippen LogP contribution is 2.37. The van der Waals surface area contributed by atoms with Gasteiger partial charge in [0.1, 0.15) is 6.61 Å². The molecule has 7 heteroatoms. The highest BCUT2D eigenvalue weighted by Gasteiger charge is 2.36. The number of ether oxygens (including phenoxy) is 2. The van der Waals surface area contributed by atoms with Crippen LogP contribution in [0, 0.1) is 4.77 Å². The second-order valence-corrected chi connectivity index (χ2v) is 8.59. The van der Waals surface area contributed by atoms with Crippen LogP contribution in [-0.4, -0.2) is 37.9 Å². The fourth-order valence-electron chi connectivity index (χ4n) is 4.56. The van der Waals surface area contributed by atoms with E-state index in [2.05, 4.69) is 11.5 Å². The number of rotatable bonds is 7. The summed E-state index contributed by atoms with van der Waals surface area (Å²) in [6, 6.07) is 9.11. The molecule has 1 atom stereocenters. The summed E-state index contributed by atoms with van der Waals surface area (Å²) in [5.41, 5.74) is 0. The van der Waals surface area contributed by atoms with E-state index in [1.165, 1.54) is 38.5 Å². The molecule has 2 aromatic rings. The molecule has 0 bridgehead atoms. The fourth-order valence-corrected chi connectivity index (χ4v) is 4.83. The maximum absolute atomic E-state index is 6.22. The Balaban J connectivity index is 1.44. The zero-order valence-corrected chi connectivity index (χ0v) is 17.5. The molecule has 2 fully saturated rings. The van der Waals surface area contributed by atoms with E-state index in [0.29, 0.717) is 25.2 Å². The Bertz CT molecular complexity index is 943. The van der Waals surface area contributed by atoms with Crippen molar-refractivity contribution in [2.45, 2.75) is 69.9 Å². The van der Waals surface area contributed by atoms with Gasteiger partial charge in [-0.15, -0.1) is 6.58 Å². The third-order valence-corrected chi connectivity index (χ3v) is 6.60. The third kappa shape index (κ3) is 3.73. The number of hydrogen-bond donors (Lipinski definition) is 0. The number of para-hydroxylation sites is 2. The van der Waals surface area contributed by atoms with Gasteiger partial charge >= 0.3 is 0 Å². The number of fused-ring (bicyclic) bond motifs is 1. The van der Waals surface area contributed by atoms with Gasteiger partial charge in [0.2, 0.25) is 0 Å². The summed E-state index contributed by atoms with van der Waals surface area (Å²) in [5.74, 6) is 2.34. The lowest BCUT2D eigenvalue weighted by Gasteiger charge is -2.28. The molecule has 1 aromatic carbocycles. The van der Waals surface area contributed by atoms with E-state index in [4.69, 9.17) is 26.8 Å². The summed E-state index contributed by atoms with van der Waals surface area (Å²) in [4.78, 5) is 2.63. The Hall–Kier alpha value is -2.12. The Kier molecular flexibility index (Phi) is 5.18. The molecule has 29 heavy (non-hydrogen) atoms. The van der Waals surface area contributed by atoms with Crippen molar-refractivity contribution in [2.75, 3.05) is 6.61 Å². The number of hydrogen-bond acceptors (Lipinski definition) is 5. The quantitative estimate of drug-likeness (QED) is 0.496. The number of benzene rings is 1. The first-order valence-electron chi connectivity index (χ1n) is 10.7. The fraction of sp³-hybridized carbons (Fsp3) is 0.545. The van der Waals surface area contributed by atoms with Gasteiger partial charge in [-0.25, -0.2) is 4.68 Å². The van der Waals surface area contributed by atoms with Crippen molar-refractivity contribution in [2.24, 2.45) is 0 Å². The molecular weight excluding hydrogens is 384 g/mol. The van der Waals surface area contributed by atoms with Crippen molar-refractivity contribution < 1.29 is 9.47 Å². The van der Waals surface area contributed by atoms with E-state index in [-0.39, 0.29) is 6.10 Å². The summed E-state index contributed by atoms with van der Waals surface area (Å²) in [6.45, 7) is 5.70. The van der Waals surface area contributed by atoms with Crippen LogP contribution in [0.3, 0.4) is 0 Å². The molecule has 5 rings (SSSR count). The van der Waals surface area contributed by atoms with Crippen LogP contribution in [0.5, 0.6) is 11.5 Å². The molecule has 1 aromatic heterocycles. The smallest absolute Gasteiger partial charge is 0.199 e. The standard InChI is InChI=1S/C22H28N4O2S/c1-2-13-24-21(20-14-27-18-9-5-6-10-19(18)28-20)23-26(22(24)29)15-25(17-11-12-17)16-7-3-4-8-16/h2,5-6,9-10,16-17,20H,1,3-4,7-8,11-15H2/t20-/m1/s1. The topological polar surface area (TPSA) is 44.5 Å². The zero-order valence-electron chi connectivity index (χ0n) is 16.7. The van der Waals surface area contributed by atoms with Crippen LogP contribution in [0.4, 0.5) is 0 Å². The molecule has 0 N–H and O–H groups in total. The van der Waals surface area contributed by atoms with Gasteiger partial charge in [-0.05, 0) is 50.0 Å². The van der Waals surface area contributed by atoms with Gasteiger partial charge in [-0.3, -0.25) is 9.47 Å². The second kappa shape index (κ2) is 7.95. The SMILES string of the molecule is C=CCn1c([C@H]2COc3ccccc3O2)nn(CN(C2CCCC2)C2CC2)c1=S. The normalized spacial score (nSPS) is 21.6. The predicted molar refractivity (Wildman–Crippen MR) is 114 cm³/mol. The summed E-state index contributed by atoms with van der Waals surface area (Å²) < 4.78 is 16.9. The van der Waals surface area contributed by atoms with E-state index >= 15 is 0 Å². The van der Waals surface area contributed by atoms with Crippen molar-refractivity contribution in [3.63, 3.8) is 0 Å². The Morgan fingerprint density at radius 1 is 1.14 bits per heavy atom. The zero-order chi connectivity index (χ0) is 19.8. The number of aromatic nitrogens is 3. The minimum absolute atomic E-state index is 0.284. The first-order chi connectivity index (χ1) is 14.2. The van der Waals surface area contributed by atoms with Crippen LogP contribution in [0.1, 0.15) is 50.5 Å². The highest BCUT2D eigenvalue weighted by molar-refractivity contribution is 7.71. The monoisotopic (exact) mass is 412 g/mol. The third-order valence-electron chi connectivity index (χ3n) is 6.17. The predicted octanol–water partition coefficient (Wildman–Crippen LogP) is 4.48. The molecule has 1 aliphatic heterocycles. The van der Waals surface area contributed by atoms with E-state index in [0.717, 1.165) is 28.8 Å². The Labute approximate surface area is 176 Å². The van der Waals surface area contributed by atoms with Gasteiger partial charge in [0, 0.05) is 18.6 Å². The maximum Gasteiger partial charge on any atom is 0.199 e. The molecule has 0 radical (unpaired) electrons. The van der Waals surface area contributed by atoms with Crippen molar-refractivity contribution in [3.8, 4) is 11.5 Å². The second-order valence-electron chi connectivity index (χ2n) is 8.23. The molecule has 6 nitrogen and oxygen atoms in total. The molecule has 0 spiro atoms. The summed E-state index contributed by atoms with van der Waals surface area (Å²) in [7, 11) is 0. The average Bonchev–Trinajstić information content (AvgIpc) is 3.35. The van der Waals surface area contributed by atoms with E-state index in [9.17, 15) is 0 Å². The largest absolute Gasteiger partial charge is 0.485 e. The molecule has 0 amide bonds. The van der Waals surface area contributed by atoms with Crippen molar-refractivity contribution in [1.29, 1.82) is 0 Å². The Morgan fingerprint density at radius 2 is 1.86 bits per heavy atom. The summed E-state index contributed by atoms with van der Waals surface area (Å²) >= 11 is 5.82. The highest BCUT2D eigenvalue weighted by atomic mass is 32.1. The summed E-state index contributed by atoms with van der Waals surface area (Å²) in [6.07, 6.45) is 9.42. The lowest BCUT2D eigenvalue weighted by atomic mass is 10.2. The minimum atomic E-state index is -0.284. The minimum Gasteiger partial charge on any atom is -0.485 e. The summed E-state index contributed by atoms with van der Waals surface area (Å²) in [5, 5.41) is 4.93. The van der Waals surface area contributed by atoms with Gasteiger partial charge in [0.05, 0.1) is 6.67 Å². The van der Waals surface area contributed by atoms with Gasteiger partial charge in [0.25, 0.3) is 0 Å². The van der Waals surface area contributed by atoms with Crippen LogP contribution < -0.4 is 9.47 Å². The van der Waals surface area contributed by atoms with Gasteiger partial charge < -0.3 is 9.47 Å². The van der Waals surface area contributed by atoms with Crippen molar-refractivity contribution in [1.82, 2.24) is 19.2 Å². The lowest BCUT2D eigenvalue weighted by Crippen LogP contribution is -2.37. The number of nitrogens with zero attached hydrogens (tertiary/aromatic N) is 4. The van der Waals surface area contributed by atoms with Gasteiger partial charge in [-0.1, -0.05) is 31.1 Å².